The smallest absolute Gasteiger partial charge is 0.320 e. The molecule has 0 aromatic heterocycles. The molecular formula is C41H69NO6. The lowest BCUT2D eigenvalue weighted by atomic mass is 9.49. The van der Waals surface area contributed by atoms with Gasteiger partial charge in [-0.15, -0.1) is 0 Å². The maximum absolute atomic E-state index is 13.1. The second kappa shape index (κ2) is 23.3. The predicted molar refractivity (Wildman–Crippen MR) is 193 cm³/mol. The normalized spacial score (nSPS) is 23.7. The number of ether oxygens (including phenoxy) is 3. The molecule has 0 N–H and O–H groups in total. The van der Waals surface area contributed by atoms with Gasteiger partial charge in [0.15, 0.2) is 0 Å². The lowest BCUT2D eigenvalue weighted by Gasteiger charge is -2.56. The van der Waals surface area contributed by atoms with Crippen LogP contribution in [-0.2, 0) is 28.6 Å². The molecule has 0 aliphatic heterocycles. The van der Waals surface area contributed by atoms with Gasteiger partial charge in [0.05, 0.1) is 18.9 Å². The SMILES string of the molecule is CCCCC/C=C\C/C=C\CCCCCCCCC(=O)OCC(COC(=O)CN(CC)CC)COC(=O)CC12CC3CC(CC(C3)C1)C2. The monoisotopic (exact) mass is 672 g/mol. The molecule has 0 aromatic rings. The van der Waals surface area contributed by atoms with E-state index in [0.717, 1.165) is 82.2 Å². The number of carbonyl (C=O) groups is 3. The molecule has 0 radical (unpaired) electrons. The van der Waals surface area contributed by atoms with Gasteiger partial charge in [0.2, 0.25) is 0 Å². The first-order valence-electron chi connectivity index (χ1n) is 19.8. The standard InChI is InChI=1S/C41H69NO6/c1-4-7-8-9-10-11-12-13-14-15-16-17-18-19-20-21-22-38(43)46-31-37(33-48-40(45)30-42(5-2)6-3)32-47-39(44)29-41-26-34-23-35(27-41)25-36(24-34)28-41/h10-11,13-14,34-37H,4-9,12,15-33H2,1-3H3/b11-10-,14-13-. The van der Waals surface area contributed by atoms with E-state index in [4.69, 9.17) is 14.2 Å². The third kappa shape index (κ3) is 16.0. The van der Waals surface area contributed by atoms with Crippen LogP contribution in [0.5, 0.6) is 0 Å². The highest BCUT2D eigenvalue weighted by Crippen LogP contribution is 2.61. The summed E-state index contributed by atoms with van der Waals surface area (Å²) >= 11 is 0. The van der Waals surface area contributed by atoms with Crippen LogP contribution >= 0.6 is 0 Å². The van der Waals surface area contributed by atoms with E-state index < -0.39 is 0 Å². The van der Waals surface area contributed by atoms with Gasteiger partial charge in [-0.2, -0.15) is 0 Å². The summed E-state index contributed by atoms with van der Waals surface area (Å²) in [4.78, 5) is 40.1. The van der Waals surface area contributed by atoms with Crippen LogP contribution < -0.4 is 0 Å². The molecule has 274 valence electrons. The van der Waals surface area contributed by atoms with Crippen molar-refractivity contribution in [2.24, 2.45) is 29.1 Å². The molecule has 4 rings (SSSR count). The zero-order valence-corrected chi connectivity index (χ0v) is 30.9. The molecule has 0 saturated heterocycles. The van der Waals surface area contributed by atoms with Crippen LogP contribution in [0.2, 0.25) is 0 Å². The lowest BCUT2D eigenvalue weighted by molar-refractivity contribution is -0.157. The minimum Gasteiger partial charge on any atom is -0.465 e. The highest BCUT2D eigenvalue weighted by molar-refractivity contribution is 5.72. The molecule has 4 fully saturated rings. The molecule has 0 spiro atoms. The number of hydrogen-bond donors (Lipinski definition) is 0. The summed E-state index contributed by atoms with van der Waals surface area (Å²) < 4.78 is 17.0. The molecular weight excluding hydrogens is 602 g/mol. The number of rotatable bonds is 27. The van der Waals surface area contributed by atoms with Gasteiger partial charge in [-0.25, -0.2) is 0 Å². The van der Waals surface area contributed by atoms with Gasteiger partial charge in [-0.1, -0.05) is 83.6 Å². The molecule has 0 aromatic carbocycles. The molecule has 4 aliphatic rings. The van der Waals surface area contributed by atoms with Crippen LogP contribution in [-0.4, -0.2) is 62.3 Å². The minimum atomic E-state index is -0.370. The van der Waals surface area contributed by atoms with Crippen molar-refractivity contribution in [3.63, 3.8) is 0 Å². The minimum absolute atomic E-state index is 0.0724. The number of unbranched alkanes of at least 4 members (excludes halogenated alkanes) is 9. The second-order valence-corrected chi connectivity index (χ2v) is 15.3. The molecule has 1 atom stereocenters. The summed E-state index contributed by atoms with van der Waals surface area (Å²) in [6, 6.07) is 0. The van der Waals surface area contributed by atoms with E-state index in [1.54, 1.807) is 0 Å². The summed E-state index contributed by atoms with van der Waals surface area (Å²) in [5, 5.41) is 0. The van der Waals surface area contributed by atoms with Crippen LogP contribution in [0.3, 0.4) is 0 Å². The fourth-order valence-corrected chi connectivity index (χ4v) is 8.65. The number of nitrogens with zero attached hydrogens (tertiary/aromatic N) is 1. The number of esters is 3. The van der Waals surface area contributed by atoms with E-state index in [-0.39, 0.29) is 55.6 Å². The van der Waals surface area contributed by atoms with E-state index in [1.807, 2.05) is 18.7 Å². The van der Waals surface area contributed by atoms with E-state index in [1.165, 1.54) is 64.2 Å². The van der Waals surface area contributed by atoms with E-state index >= 15 is 0 Å². The van der Waals surface area contributed by atoms with Crippen molar-refractivity contribution in [2.75, 3.05) is 39.5 Å². The highest BCUT2D eigenvalue weighted by atomic mass is 16.6. The third-order valence-corrected chi connectivity index (χ3v) is 11.0. The van der Waals surface area contributed by atoms with Gasteiger partial charge in [-0.05, 0) is 113 Å². The quantitative estimate of drug-likeness (QED) is 0.0372. The van der Waals surface area contributed by atoms with Crippen molar-refractivity contribution < 1.29 is 28.6 Å². The summed E-state index contributed by atoms with van der Waals surface area (Å²) in [7, 11) is 0. The highest BCUT2D eigenvalue weighted by Gasteiger charge is 2.51. The van der Waals surface area contributed by atoms with Gasteiger partial charge in [0.25, 0.3) is 0 Å². The molecule has 48 heavy (non-hydrogen) atoms. The Morgan fingerprint density at radius 1 is 0.646 bits per heavy atom. The van der Waals surface area contributed by atoms with Gasteiger partial charge in [-0.3, -0.25) is 19.3 Å². The third-order valence-electron chi connectivity index (χ3n) is 11.0. The molecule has 0 amide bonds. The van der Waals surface area contributed by atoms with Crippen LogP contribution in [0.25, 0.3) is 0 Å². The van der Waals surface area contributed by atoms with Gasteiger partial charge >= 0.3 is 17.9 Å². The fourth-order valence-electron chi connectivity index (χ4n) is 8.65. The number of carbonyl (C=O) groups excluding carboxylic acids is 3. The van der Waals surface area contributed by atoms with Crippen molar-refractivity contribution in [1.82, 2.24) is 4.90 Å². The fraction of sp³-hybridized carbons (Fsp3) is 0.829. The molecule has 4 saturated carbocycles. The Bertz CT molecular complexity index is 950. The Labute approximate surface area is 293 Å². The Balaban J connectivity index is 1.29. The van der Waals surface area contributed by atoms with Crippen molar-refractivity contribution in [1.29, 1.82) is 0 Å². The van der Waals surface area contributed by atoms with Crippen molar-refractivity contribution in [3.8, 4) is 0 Å². The van der Waals surface area contributed by atoms with Crippen LogP contribution in [0.1, 0.15) is 149 Å². The largest absolute Gasteiger partial charge is 0.465 e. The zero-order chi connectivity index (χ0) is 34.5. The average Bonchev–Trinajstić information content (AvgIpc) is 3.05. The molecule has 4 bridgehead atoms. The first-order valence-corrected chi connectivity index (χ1v) is 19.8. The molecule has 1 unspecified atom stereocenters. The summed E-state index contributed by atoms with van der Waals surface area (Å²) in [5.74, 6) is 1.27. The Kier molecular flexibility index (Phi) is 19.5. The first-order chi connectivity index (χ1) is 23.3. The maximum atomic E-state index is 13.1. The van der Waals surface area contributed by atoms with Crippen LogP contribution in [0, 0.1) is 29.1 Å². The first kappa shape index (κ1) is 40.3. The molecule has 7 nitrogen and oxygen atoms in total. The maximum Gasteiger partial charge on any atom is 0.320 e. The van der Waals surface area contributed by atoms with Crippen molar-refractivity contribution in [2.45, 2.75) is 149 Å². The van der Waals surface area contributed by atoms with Gasteiger partial charge in [0.1, 0.15) is 19.8 Å². The van der Waals surface area contributed by atoms with Gasteiger partial charge < -0.3 is 14.2 Å². The van der Waals surface area contributed by atoms with E-state index in [0.29, 0.717) is 12.8 Å². The Morgan fingerprint density at radius 3 is 1.71 bits per heavy atom. The molecule has 4 aliphatic carbocycles. The number of hydrogen-bond acceptors (Lipinski definition) is 7. The summed E-state index contributed by atoms with van der Waals surface area (Å²) in [6.45, 7) is 8.28. The molecule has 0 heterocycles. The summed E-state index contributed by atoms with van der Waals surface area (Å²) in [6.07, 6.45) is 31.4. The van der Waals surface area contributed by atoms with Crippen LogP contribution in [0.15, 0.2) is 24.3 Å². The second-order valence-electron chi connectivity index (χ2n) is 15.3. The number of allylic oxidation sites excluding steroid dienone is 4. The van der Waals surface area contributed by atoms with Gasteiger partial charge in [0, 0.05) is 6.42 Å². The Morgan fingerprint density at radius 2 is 1.15 bits per heavy atom. The molecule has 7 heteroatoms. The zero-order valence-electron chi connectivity index (χ0n) is 30.9. The predicted octanol–water partition coefficient (Wildman–Crippen LogP) is 9.38. The topological polar surface area (TPSA) is 82.1 Å². The van der Waals surface area contributed by atoms with E-state index in [2.05, 4.69) is 31.2 Å². The van der Waals surface area contributed by atoms with E-state index in [9.17, 15) is 14.4 Å². The van der Waals surface area contributed by atoms with Crippen LogP contribution in [0.4, 0.5) is 0 Å². The lowest BCUT2D eigenvalue weighted by Crippen LogP contribution is -2.47. The van der Waals surface area contributed by atoms with Crippen molar-refractivity contribution in [3.05, 3.63) is 24.3 Å². The Hall–Kier alpha value is -2.15. The summed E-state index contributed by atoms with van der Waals surface area (Å²) in [5.41, 5.74) is 0.117. The number of likely N-dealkylation sites (N-methyl/N-ethyl adjacent to an activating group) is 1. The average molecular weight is 672 g/mol. The van der Waals surface area contributed by atoms with Crippen molar-refractivity contribution >= 4 is 17.9 Å².